The van der Waals surface area contributed by atoms with Crippen molar-refractivity contribution >= 4 is 11.7 Å². The van der Waals surface area contributed by atoms with Crippen LogP contribution in [0.15, 0.2) is 18.2 Å². The lowest BCUT2D eigenvalue weighted by Gasteiger charge is -2.18. The van der Waals surface area contributed by atoms with Crippen LogP contribution >= 0.6 is 0 Å². The number of hydrogen-bond donors (Lipinski definition) is 4. The Morgan fingerprint density at radius 3 is 2.84 bits per heavy atom. The summed E-state index contributed by atoms with van der Waals surface area (Å²) >= 11 is 0. The number of benzene rings is 1. The molecule has 2 atom stereocenters. The van der Waals surface area contributed by atoms with Crippen LogP contribution in [0.25, 0.3) is 0 Å². The molecule has 0 aromatic heterocycles. The quantitative estimate of drug-likeness (QED) is 0.233. The molecule has 0 fully saturated rings. The molecule has 0 radical (unpaired) electrons. The fourth-order valence-corrected chi connectivity index (χ4v) is 2.05. The van der Waals surface area contributed by atoms with Crippen LogP contribution in [0.4, 0.5) is 5.69 Å². The predicted octanol–water partition coefficient (Wildman–Crippen LogP) is 0.212. The standard InChI is InChI=1S/C15H23N3O7/c1-10(5-6-25-18(22)23)17-8-11(19)9-24-14-4-2-3-13(16)12(14)7-15(20)21/h2-4,10-11,17,19H,5-9,16H2,1H3,(H,20,21). The van der Waals surface area contributed by atoms with E-state index in [1.165, 1.54) is 0 Å². The number of carboxylic acids is 1. The Labute approximate surface area is 144 Å². The lowest BCUT2D eigenvalue weighted by atomic mass is 10.1. The van der Waals surface area contributed by atoms with Crippen LogP contribution in [-0.4, -0.2) is 53.2 Å². The van der Waals surface area contributed by atoms with Gasteiger partial charge in [-0.05, 0) is 25.5 Å². The number of aliphatic hydroxyl groups excluding tert-OH is 1. The highest BCUT2D eigenvalue weighted by molar-refractivity contribution is 5.74. The molecular weight excluding hydrogens is 334 g/mol. The van der Waals surface area contributed by atoms with Crippen molar-refractivity contribution in [1.82, 2.24) is 5.32 Å². The minimum absolute atomic E-state index is 0.0321. The molecule has 1 rings (SSSR count). The number of nitrogen functional groups attached to an aromatic ring is 1. The number of anilines is 1. The van der Waals surface area contributed by atoms with Crippen molar-refractivity contribution in [2.45, 2.75) is 31.9 Å². The first kappa shape index (κ1) is 20.5. The van der Waals surface area contributed by atoms with Crippen molar-refractivity contribution in [1.29, 1.82) is 0 Å². The van der Waals surface area contributed by atoms with E-state index >= 15 is 0 Å². The van der Waals surface area contributed by atoms with Gasteiger partial charge in [0.15, 0.2) is 0 Å². The second-order valence-corrected chi connectivity index (χ2v) is 5.51. The first-order valence-corrected chi connectivity index (χ1v) is 7.70. The maximum Gasteiger partial charge on any atom is 0.308 e. The van der Waals surface area contributed by atoms with E-state index in [4.69, 9.17) is 15.6 Å². The zero-order valence-electron chi connectivity index (χ0n) is 13.9. The Kier molecular flexibility index (Phi) is 8.44. The number of rotatable bonds is 12. The lowest BCUT2D eigenvalue weighted by molar-refractivity contribution is -0.757. The maximum atomic E-state index is 10.9. The number of hydrogen-bond acceptors (Lipinski definition) is 8. The largest absolute Gasteiger partial charge is 0.490 e. The first-order valence-electron chi connectivity index (χ1n) is 7.70. The molecule has 0 aliphatic heterocycles. The molecule has 0 bridgehead atoms. The Balaban J connectivity index is 2.41. The summed E-state index contributed by atoms with van der Waals surface area (Å²) in [5.74, 6) is -0.718. The molecule has 1 aromatic rings. The minimum Gasteiger partial charge on any atom is -0.490 e. The van der Waals surface area contributed by atoms with Crippen molar-refractivity contribution in [3.63, 3.8) is 0 Å². The highest BCUT2D eigenvalue weighted by Gasteiger charge is 2.14. The maximum absolute atomic E-state index is 10.9. The third kappa shape index (κ3) is 8.18. The summed E-state index contributed by atoms with van der Waals surface area (Å²) < 4.78 is 5.48. The fourth-order valence-electron chi connectivity index (χ4n) is 2.05. The smallest absolute Gasteiger partial charge is 0.308 e. The lowest BCUT2D eigenvalue weighted by Crippen LogP contribution is -2.37. The van der Waals surface area contributed by atoms with Crippen LogP contribution < -0.4 is 15.8 Å². The van der Waals surface area contributed by atoms with Gasteiger partial charge in [-0.2, -0.15) is 0 Å². The van der Waals surface area contributed by atoms with E-state index in [-0.39, 0.29) is 32.2 Å². The molecule has 5 N–H and O–H groups in total. The van der Waals surface area contributed by atoms with Crippen molar-refractivity contribution in [2.24, 2.45) is 0 Å². The van der Waals surface area contributed by atoms with Gasteiger partial charge in [-0.1, -0.05) is 6.07 Å². The van der Waals surface area contributed by atoms with E-state index < -0.39 is 17.2 Å². The number of ether oxygens (including phenoxy) is 1. The summed E-state index contributed by atoms with van der Waals surface area (Å²) in [6, 6.07) is 4.71. The number of nitrogens with two attached hydrogens (primary N) is 1. The molecule has 0 heterocycles. The van der Waals surface area contributed by atoms with Crippen LogP contribution in [-0.2, 0) is 16.1 Å². The van der Waals surface area contributed by atoms with E-state index in [9.17, 15) is 20.0 Å². The van der Waals surface area contributed by atoms with Gasteiger partial charge in [-0.15, -0.1) is 10.1 Å². The molecule has 0 aliphatic carbocycles. The normalized spacial score (nSPS) is 13.0. The fraction of sp³-hybridized carbons (Fsp3) is 0.533. The van der Waals surface area contributed by atoms with Crippen molar-refractivity contribution in [3.8, 4) is 5.75 Å². The van der Waals surface area contributed by atoms with Crippen LogP contribution in [0.2, 0.25) is 0 Å². The van der Waals surface area contributed by atoms with Gasteiger partial charge < -0.3 is 30.8 Å². The van der Waals surface area contributed by atoms with Gasteiger partial charge in [0.2, 0.25) is 0 Å². The molecule has 25 heavy (non-hydrogen) atoms. The van der Waals surface area contributed by atoms with Crippen LogP contribution in [0.3, 0.4) is 0 Å². The highest BCUT2D eigenvalue weighted by atomic mass is 16.9. The Hall–Kier alpha value is -2.59. The third-order valence-electron chi connectivity index (χ3n) is 3.38. The molecule has 1 aromatic carbocycles. The summed E-state index contributed by atoms with van der Waals surface area (Å²) in [6.45, 7) is 1.92. The number of carboxylic acid groups (broad SMARTS) is 1. The van der Waals surface area contributed by atoms with Crippen LogP contribution in [0.1, 0.15) is 18.9 Å². The second-order valence-electron chi connectivity index (χ2n) is 5.51. The summed E-state index contributed by atoms with van der Waals surface area (Å²) in [4.78, 5) is 25.2. The predicted molar refractivity (Wildman–Crippen MR) is 88.7 cm³/mol. The van der Waals surface area contributed by atoms with E-state index in [1.807, 2.05) is 0 Å². The van der Waals surface area contributed by atoms with Gasteiger partial charge in [0.1, 0.15) is 18.5 Å². The Bertz CT molecular complexity index is 582. The molecule has 0 amide bonds. The SMILES string of the molecule is CC(CCO[N+](=O)[O-])NCC(O)COc1cccc(N)c1CC(=O)O. The average Bonchev–Trinajstić information content (AvgIpc) is 2.52. The highest BCUT2D eigenvalue weighted by Crippen LogP contribution is 2.25. The molecule has 10 heteroatoms. The van der Waals surface area contributed by atoms with E-state index in [2.05, 4.69) is 10.2 Å². The van der Waals surface area contributed by atoms with E-state index in [0.29, 0.717) is 23.4 Å². The van der Waals surface area contributed by atoms with Gasteiger partial charge >= 0.3 is 5.97 Å². The van der Waals surface area contributed by atoms with Crippen molar-refractivity contribution in [2.75, 3.05) is 25.5 Å². The average molecular weight is 357 g/mol. The van der Waals surface area contributed by atoms with Crippen molar-refractivity contribution < 1.29 is 29.7 Å². The zero-order chi connectivity index (χ0) is 18.8. The molecule has 140 valence electrons. The third-order valence-corrected chi connectivity index (χ3v) is 3.38. The number of aliphatic hydroxyl groups is 1. The zero-order valence-corrected chi connectivity index (χ0v) is 13.9. The summed E-state index contributed by atoms with van der Waals surface area (Å²) in [5.41, 5.74) is 6.44. The molecule has 0 saturated heterocycles. The molecule has 0 spiro atoms. The summed E-state index contributed by atoms with van der Waals surface area (Å²) in [5, 5.41) is 31.1. The van der Waals surface area contributed by atoms with Gasteiger partial charge in [0, 0.05) is 23.8 Å². The van der Waals surface area contributed by atoms with Crippen LogP contribution in [0, 0.1) is 10.1 Å². The Morgan fingerprint density at radius 1 is 1.48 bits per heavy atom. The van der Waals surface area contributed by atoms with Gasteiger partial charge in [-0.25, -0.2) is 0 Å². The number of aliphatic carboxylic acids is 1. The molecule has 0 aliphatic rings. The van der Waals surface area contributed by atoms with Crippen LogP contribution in [0.5, 0.6) is 5.75 Å². The minimum atomic E-state index is -1.03. The summed E-state index contributed by atoms with van der Waals surface area (Å²) in [6.07, 6.45) is -0.714. The van der Waals surface area contributed by atoms with Gasteiger partial charge in [0.25, 0.3) is 5.09 Å². The second kappa shape index (κ2) is 10.3. The molecule has 0 saturated carbocycles. The molecule has 10 nitrogen and oxygen atoms in total. The summed E-state index contributed by atoms with van der Waals surface area (Å²) in [7, 11) is 0. The molecular formula is C15H23N3O7. The first-order chi connectivity index (χ1) is 11.8. The number of nitrogens with zero attached hydrogens (tertiary/aromatic N) is 1. The number of nitrogens with one attached hydrogen (secondary N) is 1. The van der Waals surface area contributed by atoms with E-state index in [1.54, 1.807) is 25.1 Å². The van der Waals surface area contributed by atoms with Gasteiger partial charge in [-0.3, -0.25) is 4.79 Å². The van der Waals surface area contributed by atoms with Crippen molar-refractivity contribution in [3.05, 3.63) is 33.9 Å². The molecule has 2 unspecified atom stereocenters. The monoisotopic (exact) mass is 357 g/mol. The van der Waals surface area contributed by atoms with Gasteiger partial charge in [0.05, 0.1) is 13.0 Å². The topological polar surface area (TPSA) is 157 Å². The van der Waals surface area contributed by atoms with E-state index in [0.717, 1.165) is 0 Å². The Morgan fingerprint density at radius 2 is 2.20 bits per heavy atom. The number of carbonyl (C=O) groups is 1.